The van der Waals surface area contributed by atoms with Gasteiger partial charge >= 0.3 is 0 Å². The molecule has 0 aliphatic carbocycles. The topological polar surface area (TPSA) is 60.3 Å². The van der Waals surface area contributed by atoms with Gasteiger partial charge in [-0.2, -0.15) is 0 Å². The maximum absolute atomic E-state index is 13.4. The molecular weight excluding hydrogens is 323 g/mol. The number of halogens is 1. The number of carbonyl (C=O) groups excluding carboxylic acids is 1. The predicted octanol–water partition coefficient (Wildman–Crippen LogP) is 1.72. The number of benzene rings is 1. The minimum atomic E-state index is -0.306. The van der Waals surface area contributed by atoms with E-state index >= 15 is 0 Å². The molecule has 7 heteroatoms. The molecule has 1 saturated heterocycles. The molecule has 1 aromatic heterocycles. The zero-order valence-electron chi connectivity index (χ0n) is 14.2. The first-order valence-corrected chi connectivity index (χ1v) is 8.61. The highest BCUT2D eigenvalue weighted by molar-refractivity contribution is 5.79. The molecule has 2 aliphatic heterocycles. The van der Waals surface area contributed by atoms with E-state index in [1.54, 1.807) is 19.2 Å². The molecule has 0 spiro atoms. The zero-order chi connectivity index (χ0) is 17.4. The van der Waals surface area contributed by atoms with Crippen molar-refractivity contribution >= 4 is 5.91 Å². The summed E-state index contributed by atoms with van der Waals surface area (Å²) in [5.41, 5.74) is 0.716. The van der Waals surface area contributed by atoms with Crippen LogP contribution in [0, 0.1) is 5.82 Å². The first-order valence-electron chi connectivity index (χ1n) is 8.61. The third-order valence-corrected chi connectivity index (χ3v) is 5.14. The molecule has 1 amide bonds. The molecule has 6 nitrogen and oxygen atoms in total. The quantitative estimate of drug-likeness (QED) is 0.847. The van der Waals surface area contributed by atoms with Gasteiger partial charge in [0.1, 0.15) is 18.2 Å². The van der Waals surface area contributed by atoms with Crippen molar-refractivity contribution in [1.29, 1.82) is 0 Å². The highest BCUT2D eigenvalue weighted by atomic mass is 19.1. The summed E-state index contributed by atoms with van der Waals surface area (Å²) in [5.74, 6) is 1.48. The third kappa shape index (κ3) is 3.04. The van der Waals surface area contributed by atoms with Crippen molar-refractivity contribution in [2.24, 2.45) is 0 Å². The van der Waals surface area contributed by atoms with Gasteiger partial charge in [0.2, 0.25) is 5.91 Å². The van der Waals surface area contributed by atoms with Crippen molar-refractivity contribution in [2.45, 2.75) is 50.9 Å². The first kappa shape index (κ1) is 16.2. The fourth-order valence-corrected chi connectivity index (χ4v) is 4.05. The molecule has 2 bridgehead atoms. The van der Waals surface area contributed by atoms with Gasteiger partial charge in [0.25, 0.3) is 0 Å². The van der Waals surface area contributed by atoms with Crippen LogP contribution in [-0.4, -0.2) is 44.8 Å². The van der Waals surface area contributed by atoms with Crippen LogP contribution in [0.3, 0.4) is 0 Å². The molecule has 1 fully saturated rings. The summed E-state index contributed by atoms with van der Waals surface area (Å²) >= 11 is 0. The zero-order valence-corrected chi connectivity index (χ0v) is 14.2. The Hall–Kier alpha value is -2.28. The first-order chi connectivity index (χ1) is 12.2. The van der Waals surface area contributed by atoms with Crippen molar-refractivity contribution in [1.82, 2.24) is 19.7 Å². The molecule has 3 heterocycles. The molecule has 2 aromatic rings. The fourth-order valence-electron chi connectivity index (χ4n) is 4.05. The van der Waals surface area contributed by atoms with Gasteiger partial charge in [-0.1, -0.05) is 12.1 Å². The van der Waals surface area contributed by atoms with Crippen LogP contribution in [0.1, 0.15) is 30.1 Å². The van der Waals surface area contributed by atoms with E-state index in [4.69, 9.17) is 4.74 Å². The number of methoxy groups -OCH3 is 1. The molecular formula is C18H21FN4O2. The Morgan fingerprint density at radius 3 is 2.96 bits per heavy atom. The molecule has 4 rings (SSSR count). The SMILES string of the molecule is COCc1nnc2n1CC1CCC(C2)N1C(=O)Cc1cccc(F)c1. The van der Waals surface area contributed by atoms with Crippen LogP contribution >= 0.6 is 0 Å². The van der Waals surface area contributed by atoms with E-state index < -0.39 is 0 Å². The Bertz CT molecular complexity index is 791. The second-order valence-corrected chi connectivity index (χ2v) is 6.77. The van der Waals surface area contributed by atoms with Gasteiger partial charge in [0.15, 0.2) is 5.82 Å². The largest absolute Gasteiger partial charge is 0.377 e. The molecule has 0 saturated carbocycles. The summed E-state index contributed by atoms with van der Waals surface area (Å²) in [5, 5.41) is 8.50. The summed E-state index contributed by atoms with van der Waals surface area (Å²) in [6, 6.07) is 6.56. The standard InChI is InChI=1S/C18H21FN4O2/c1-25-11-17-21-20-16-9-14-5-6-15(10-22(16)17)23(14)18(24)8-12-3-2-4-13(19)7-12/h2-4,7,14-15H,5-6,8-11H2,1H3. The normalized spacial score (nSPS) is 21.9. The maximum atomic E-state index is 13.4. The predicted molar refractivity (Wildman–Crippen MR) is 88.2 cm³/mol. The van der Waals surface area contributed by atoms with Gasteiger partial charge in [0.05, 0.1) is 12.5 Å². The lowest BCUT2D eigenvalue weighted by atomic mass is 10.1. The van der Waals surface area contributed by atoms with Crippen LogP contribution in [0.5, 0.6) is 0 Å². The summed E-state index contributed by atoms with van der Waals surface area (Å²) in [6.45, 7) is 1.12. The van der Waals surface area contributed by atoms with Crippen LogP contribution in [0.25, 0.3) is 0 Å². The van der Waals surface area contributed by atoms with Gasteiger partial charge in [-0.25, -0.2) is 4.39 Å². The fraction of sp³-hybridized carbons (Fsp3) is 0.500. The van der Waals surface area contributed by atoms with Crippen LogP contribution in [0.15, 0.2) is 24.3 Å². The molecule has 1 aromatic carbocycles. The molecule has 132 valence electrons. The lowest BCUT2D eigenvalue weighted by molar-refractivity contribution is -0.133. The number of fused-ring (bicyclic) bond motifs is 3. The van der Waals surface area contributed by atoms with Crippen molar-refractivity contribution in [3.63, 3.8) is 0 Å². The van der Waals surface area contributed by atoms with Gasteiger partial charge in [-0.3, -0.25) is 4.79 Å². The third-order valence-electron chi connectivity index (χ3n) is 5.14. The summed E-state index contributed by atoms with van der Waals surface area (Å²) < 4.78 is 20.7. The highest BCUT2D eigenvalue weighted by Crippen LogP contribution is 2.32. The Morgan fingerprint density at radius 2 is 2.16 bits per heavy atom. The van der Waals surface area contributed by atoms with E-state index in [1.807, 2.05) is 4.90 Å². The number of nitrogens with zero attached hydrogens (tertiary/aromatic N) is 4. The van der Waals surface area contributed by atoms with Crippen molar-refractivity contribution in [3.8, 4) is 0 Å². The van der Waals surface area contributed by atoms with E-state index in [-0.39, 0.29) is 30.2 Å². The van der Waals surface area contributed by atoms with E-state index in [1.165, 1.54) is 12.1 Å². The second kappa shape index (κ2) is 6.55. The van der Waals surface area contributed by atoms with Gasteiger partial charge in [-0.05, 0) is 30.5 Å². The number of aromatic nitrogens is 3. The summed E-state index contributed by atoms with van der Waals surface area (Å²) in [4.78, 5) is 14.9. The average molecular weight is 344 g/mol. The molecule has 0 radical (unpaired) electrons. The number of carbonyl (C=O) groups is 1. The van der Waals surface area contributed by atoms with Crippen LogP contribution in [-0.2, 0) is 35.5 Å². The number of ether oxygens (including phenoxy) is 1. The highest BCUT2D eigenvalue weighted by Gasteiger charge is 2.40. The lowest BCUT2D eigenvalue weighted by Gasteiger charge is -2.28. The van der Waals surface area contributed by atoms with E-state index in [2.05, 4.69) is 14.8 Å². The van der Waals surface area contributed by atoms with Crippen molar-refractivity contribution in [3.05, 3.63) is 47.3 Å². The number of hydrogen-bond donors (Lipinski definition) is 0. The number of rotatable bonds is 4. The lowest BCUT2D eigenvalue weighted by Crippen LogP contribution is -2.43. The molecule has 2 unspecified atom stereocenters. The minimum absolute atomic E-state index is 0.0603. The van der Waals surface area contributed by atoms with Crippen molar-refractivity contribution in [2.75, 3.05) is 7.11 Å². The minimum Gasteiger partial charge on any atom is -0.377 e. The van der Waals surface area contributed by atoms with E-state index in [0.29, 0.717) is 25.1 Å². The van der Waals surface area contributed by atoms with Crippen LogP contribution in [0.2, 0.25) is 0 Å². The number of amides is 1. The second-order valence-electron chi connectivity index (χ2n) is 6.77. The van der Waals surface area contributed by atoms with E-state index in [0.717, 1.165) is 24.5 Å². The molecule has 0 N–H and O–H groups in total. The van der Waals surface area contributed by atoms with Gasteiger partial charge in [-0.15, -0.1) is 10.2 Å². The van der Waals surface area contributed by atoms with Crippen molar-refractivity contribution < 1.29 is 13.9 Å². The molecule has 2 aliphatic rings. The Morgan fingerprint density at radius 1 is 1.32 bits per heavy atom. The van der Waals surface area contributed by atoms with Gasteiger partial charge in [0, 0.05) is 26.1 Å². The monoisotopic (exact) mass is 344 g/mol. The summed E-state index contributed by atoms with van der Waals surface area (Å²) in [7, 11) is 1.64. The average Bonchev–Trinajstić information content (AvgIpc) is 3.08. The van der Waals surface area contributed by atoms with Crippen LogP contribution < -0.4 is 0 Å². The molecule has 25 heavy (non-hydrogen) atoms. The van der Waals surface area contributed by atoms with Gasteiger partial charge < -0.3 is 14.2 Å². The Balaban J connectivity index is 1.55. The summed E-state index contributed by atoms with van der Waals surface area (Å²) in [6.07, 6.45) is 2.90. The maximum Gasteiger partial charge on any atom is 0.227 e. The molecule has 2 atom stereocenters. The Labute approximate surface area is 145 Å². The smallest absolute Gasteiger partial charge is 0.227 e. The Kier molecular flexibility index (Phi) is 4.25. The van der Waals surface area contributed by atoms with E-state index in [9.17, 15) is 9.18 Å². The number of hydrogen-bond acceptors (Lipinski definition) is 4. The van der Waals surface area contributed by atoms with Crippen LogP contribution in [0.4, 0.5) is 4.39 Å².